The molecule has 1 aromatic carbocycles. The van der Waals surface area contributed by atoms with Crippen LogP contribution in [-0.2, 0) is 0 Å². The molecule has 1 aromatic heterocycles. The third-order valence-electron chi connectivity index (χ3n) is 3.61. The van der Waals surface area contributed by atoms with E-state index in [1.807, 2.05) is 18.2 Å². The molecule has 100 valence electrons. The summed E-state index contributed by atoms with van der Waals surface area (Å²) < 4.78 is 6.00. The van der Waals surface area contributed by atoms with Crippen LogP contribution in [0.25, 0.3) is 0 Å². The predicted molar refractivity (Wildman–Crippen MR) is 74.9 cm³/mol. The molecule has 4 nitrogen and oxygen atoms in total. The summed E-state index contributed by atoms with van der Waals surface area (Å²) in [4.78, 5) is 4.02. The highest BCUT2D eigenvalue weighted by molar-refractivity contribution is 5.35. The van der Waals surface area contributed by atoms with Crippen molar-refractivity contribution in [3.8, 4) is 11.8 Å². The second kappa shape index (κ2) is 5.32. The number of nitrogens with zero attached hydrogens (tertiary/aromatic N) is 2. The Labute approximate surface area is 117 Å². The van der Waals surface area contributed by atoms with Gasteiger partial charge in [0, 0.05) is 6.04 Å². The number of pyridine rings is 1. The van der Waals surface area contributed by atoms with Crippen molar-refractivity contribution in [1.29, 1.82) is 5.26 Å². The van der Waals surface area contributed by atoms with E-state index >= 15 is 0 Å². The van der Waals surface area contributed by atoms with Gasteiger partial charge in [-0.25, -0.2) is 4.98 Å². The summed E-state index contributed by atoms with van der Waals surface area (Å²) in [5, 5.41) is 8.74. The van der Waals surface area contributed by atoms with Gasteiger partial charge in [0.2, 0.25) is 0 Å². The van der Waals surface area contributed by atoms with Crippen molar-refractivity contribution in [3.63, 3.8) is 0 Å². The molecule has 1 aliphatic rings. The Morgan fingerprint density at radius 3 is 2.65 bits per heavy atom. The first kappa shape index (κ1) is 12.6. The summed E-state index contributed by atoms with van der Waals surface area (Å²) in [7, 11) is 0. The van der Waals surface area contributed by atoms with Crippen LogP contribution in [0.5, 0.6) is 5.75 Å². The number of nitriles is 1. The molecule has 2 N–H and O–H groups in total. The van der Waals surface area contributed by atoms with Crippen LogP contribution in [0.2, 0.25) is 0 Å². The topological polar surface area (TPSA) is 71.9 Å². The van der Waals surface area contributed by atoms with Crippen LogP contribution in [0.15, 0.2) is 42.6 Å². The lowest BCUT2D eigenvalue weighted by molar-refractivity contribution is 0.176. The van der Waals surface area contributed by atoms with Crippen molar-refractivity contribution in [3.05, 3.63) is 59.4 Å². The zero-order chi connectivity index (χ0) is 13.9. The second-order valence-corrected chi connectivity index (χ2v) is 4.91. The minimum absolute atomic E-state index is 0.000681. The van der Waals surface area contributed by atoms with Crippen molar-refractivity contribution >= 4 is 0 Å². The highest BCUT2D eigenvalue weighted by atomic mass is 16.5. The van der Waals surface area contributed by atoms with E-state index in [-0.39, 0.29) is 12.1 Å². The molecule has 1 aliphatic carbocycles. The van der Waals surface area contributed by atoms with Gasteiger partial charge in [-0.05, 0) is 36.1 Å². The van der Waals surface area contributed by atoms with Gasteiger partial charge in [-0.2, -0.15) is 5.26 Å². The monoisotopic (exact) mass is 265 g/mol. The molecule has 0 saturated heterocycles. The molecule has 0 radical (unpaired) electrons. The summed E-state index contributed by atoms with van der Waals surface area (Å²) in [6, 6.07) is 13.7. The van der Waals surface area contributed by atoms with Crippen molar-refractivity contribution in [2.24, 2.45) is 5.73 Å². The van der Waals surface area contributed by atoms with Crippen molar-refractivity contribution in [1.82, 2.24) is 4.98 Å². The number of hydrogen-bond donors (Lipinski definition) is 1. The summed E-state index contributed by atoms with van der Waals surface area (Å²) in [6.45, 7) is 0. The molecule has 0 bridgehead atoms. The molecule has 1 heterocycles. The Morgan fingerprint density at radius 1 is 1.15 bits per heavy atom. The van der Waals surface area contributed by atoms with E-state index in [4.69, 9.17) is 15.7 Å². The normalized spacial score (nSPS) is 20.8. The Kier molecular flexibility index (Phi) is 3.36. The first-order chi connectivity index (χ1) is 9.78. The minimum atomic E-state index is 0.000681. The number of aromatic nitrogens is 1. The van der Waals surface area contributed by atoms with Gasteiger partial charge in [-0.15, -0.1) is 0 Å². The maximum atomic E-state index is 8.74. The van der Waals surface area contributed by atoms with E-state index in [0.29, 0.717) is 11.4 Å². The number of ether oxygens (including phenoxy) is 1. The van der Waals surface area contributed by atoms with E-state index in [1.54, 1.807) is 18.3 Å². The molecule has 3 rings (SSSR count). The molecule has 2 unspecified atom stereocenters. The third-order valence-corrected chi connectivity index (χ3v) is 3.61. The highest BCUT2D eigenvalue weighted by Crippen LogP contribution is 2.37. The standard InChI is InChI=1S/C16H15N3O/c17-9-11-5-6-12(10-19-11)20-16-8-7-15(18)13-3-1-2-4-14(13)16/h1-6,10,15-16H,7-8,18H2. The van der Waals surface area contributed by atoms with E-state index in [0.717, 1.165) is 24.0 Å². The minimum Gasteiger partial charge on any atom is -0.484 e. The number of nitrogens with two attached hydrogens (primary N) is 1. The molecule has 0 fully saturated rings. The first-order valence-corrected chi connectivity index (χ1v) is 6.65. The third kappa shape index (κ3) is 2.36. The lowest BCUT2D eigenvalue weighted by Crippen LogP contribution is -2.23. The summed E-state index contributed by atoms with van der Waals surface area (Å²) in [5.41, 5.74) is 8.83. The van der Waals surface area contributed by atoms with Crippen LogP contribution in [0.1, 0.15) is 41.8 Å². The van der Waals surface area contributed by atoms with Gasteiger partial charge in [0.25, 0.3) is 0 Å². The van der Waals surface area contributed by atoms with Crippen LogP contribution in [0.3, 0.4) is 0 Å². The predicted octanol–water partition coefficient (Wildman–Crippen LogP) is 2.87. The fourth-order valence-electron chi connectivity index (χ4n) is 2.59. The average molecular weight is 265 g/mol. The Morgan fingerprint density at radius 2 is 1.95 bits per heavy atom. The van der Waals surface area contributed by atoms with E-state index in [2.05, 4.69) is 17.1 Å². The lowest BCUT2D eigenvalue weighted by Gasteiger charge is -2.29. The molecule has 0 aliphatic heterocycles. The molecule has 0 amide bonds. The number of hydrogen-bond acceptors (Lipinski definition) is 4. The molecule has 20 heavy (non-hydrogen) atoms. The fourth-order valence-corrected chi connectivity index (χ4v) is 2.59. The molecule has 2 aromatic rings. The molecular formula is C16H15N3O. The fraction of sp³-hybridized carbons (Fsp3) is 0.250. The van der Waals surface area contributed by atoms with Crippen LogP contribution in [-0.4, -0.2) is 4.98 Å². The number of rotatable bonds is 2. The van der Waals surface area contributed by atoms with Crippen LogP contribution < -0.4 is 10.5 Å². The first-order valence-electron chi connectivity index (χ1n) is 6.65. The van der Waals surface area contributed by atoms with Gasteiger partial charge in [0.05, 0.1) is 6.20 Å². The van der Waals surface area contributed by atoms with Crippen LogP contribution in [0, 0.1) is 11.3 Å². The van der Waals surface area contributed by atoms with Gasteiger partial charge in [0.1, 0.15) is 23.6 Å². The quantitative estimate of drug-likeness (QED) is 0.906. The van der Waals surface area contributed by atoms with Crippen molar-refractivity contribution in [2.75, 3.05) is 0 Å². The zero-order valence-electron chi connectivity index (χ0n) is 11.0. The van der Waals surface area contributed by atoms with Gasteiger partial charge in [0.15, 0.2) is 0 Å². The van der Waals surface area contributed by atoms with Gasteiger partial charge in [-0.1, -0.05) is 24.3 Å². The maximum Gasteiger partial charge on any atom is 0.140 e. The van der Waals surface area contributed by atoms with Crippen molar-refractivity contribution < 1.29 is 4.74 Å². The van der Waals surface area contributed by atoms with E-state index in [1.165, 1.54) is 0 Å². The number of fused-ring (bicyclic) bond motifs is 1. The molecule has 0 spiro atoms. The second-order valence-electron chi connectivity index (χ2n) is 4.91. The van der Waals surface area contributed by atoms with Gasteiger partial charge >= 0.3 is 0 Å². The smallest absolute Gasteiger partial charge is 0.140 e. The molecule has 2 atom stereocenters. The van der Waals surface area contributed by atoms with Crippen LogP contribution in [0.4, 0.5) is 0 Å². The highest BCUT2D eigenvalue weighted by Gasteiger charge is 2.26. The van der Waals surface area contributed by atoms with E-state index in [9.17, 15) is 0 Å². The van der Waals surface area contributed by atoms with Crippen molar-refractivity contribution in [2.45, 2.75) is 25.0 Å². The Hall–Kier alpha value is -2.38. The van der Waals surface area contributed by atoms with Gasteiger partial charge < -0.3 is 10.5 Å². The number of benzene rings is 1. The zero-order valence-corrected chi connectivity index (χ0v) is 11.0. The van der Waals surface area contributed by atoms with Gasteiger partial charge in [-0.3, -0.25) is 0 Å². The largest absolute Gasteiger partial charge is 0.484 e. The Balaban J connectivity index is 1.85. The average Bonchev–Trinajstić information content (AvgIpc) is 2.51. The summed E-state index contributed by atoms with van der Waals surface area (Å²) >= 11 is 0. The van der Waals surface area contributed by atoms with Crippen LogP contribution >= 0.6 is 0 Å². The molecular weight excluding hydrogens is 250 g/mol. The Bertz CT molecular complexity index is 646. The maximum absolute atomic E-state index is 8.74. The lowest BCUT2D eigenvalue weighted by atomic mass is 9.86. The van der Waals surface area contributed by atoms with E-state index < -0.39 is 0 Å². The molecule has 0 saturated carbocycles. The SMILES string of the molecule is N#Cc1ccc(OC2CCC(N)c3ccccc32)cn1. The summed E-state index contributed by atoms with van der Waals surface area (Å²) in [5.74, 6) is 0.680. The molecule has 4 heteroatoms. The summed E-state index contributed by atoms with van der Waals surface area (Å²) in [6.07, 6.45) is 3.39.